The Balaban J connectivity index is 1.77. The molecule has 0 unspecified atom stereocenters. The lowest BCUT2D eigenvalue weighted by molar-refractivity contribution is -0.122. The molecule has 1 amide bonds. The van der Waals surface area contributed by atoms with Crippen molar-refractivity contribution in [1.82, 2.24) is 5.32 Å². The van der Waals surface area contributed by atoms with E-state index < -0.39 is 0 Å². The van der Waals surface area contributed by atoms with Crippen LogP contribution in [0.2, 0.25) is 0 Å². The molecule has 1 aliphatic rings. The molecule has 4 N–H and O–H groups in total. The topological polar surface area (TPSA) is 67.1 Å². The Hall–Kier alpha value is -1.62. The number of rotatable bonds is 6. The molecule has 4 nitrogen and oxygen atoms in total. The summed E-state index contributed by atoms with van der Waals surface area (Å²) in [6, 6.07) is 5.88. The third-order valence-corrected chi connectivity index (χ3v) is 3.41. The second-order valence-corrected chi connectivity index (χ2v) is 5.33. The number of carbonyl (C=O) groups excluding carboxylic acids is 1. The molecule has 1 aromatic carbocycles. The molecule has 5 heteroatoms. The van der Waals surface area contributed by atoms with Crippen molar-refractivity contribution in [1.29, 1.82) is 0 Å². The molecule has 1 fully saturated rings. The fraction of sp³-hybridized carbons (Fsp3) is 0.429. The SMILES string of the molecule is Cc1cc(NCCNC(=O)C2CC2)ccc1C(N)=S. The summed E-state index contributed by atoms with van der Waals surface area (Å²) >= 11 is 4.97. The van der Waals surface area contributed by atoms with Crippen LogP contribution in [0.3, 0.4) is 0 Å². The van der Waals surface area contributed by atoms with E-state index >= 15 is 0 Å². The van der Waals surface area contributed by atoms with Crippen molar-refractivity contribution in [3.8, 4) is 0 Å². The fourth-order valence-electron chi connectivity index (χ4n) is 1.93. The molecule has 0 spiro atoms. The second-order valence-electron chi connectivity index (χ2n) is 4.89. The van der Waals surface area contributed by atoms with Gasteiger partial charge in [0.05, 0.1) is 0 Å². The van der Waals surface area contributed by atoms with Gasteiger partial charge < -0.3 is 16.4 Å². The van der Waals surface area contributed by atoms with E-state index in [-0.39, 0.29) is 11.8 Å². The molecule has 0 aliphatic heterocycles. The van der Waals surface area contributed by atoms with Gasteiger partial charge in [-0.05, 0) is 43.5 Å². The van der Waals surface area contributed by atoms with E-state index in [0.717, 1.165) is 29.7 Å². The van der Waals surface area contributed by atoms with Gasteiger partial charge in [-0.3, -0.25) is 4.79 Å². The summed E-state index contributed by atoms with van der Waals surface area (Å²) in [5.41, 5.74) is 8.59. The predicted octanol–water partition coefficient (Wildman–Crippen LogP) is 1.57. The summed E-state index contributed by atoms with van der Waals surface area (Å²) in [6.45, 7) is 3.34. The second kappa shape index (κ2) is 6.02. The first-order valence-corrected chi connectivity index (χ1v) is 6.91. The average molecular weight is 277 g/mol. The Morgan fingerprint density at radius 3 is 2.74 bits per heavy atom. The number of anilines is 1. The number of carbonyl (C=O) groups is 1. The zero-order valence-corrected chi connectivity index (χ0v) is 11.8. The van der Waals surface area contributed by atoms with Gasteiger partial charge in [0.2, 0.25) is 5.91 Å². The van der Waals surface area contributed by atoms with Crippen LogP contribution in [-0.2, 0) is 4.79 Å². The number of benzene rings is 1. The van der Waals surface area contributed by atoms with Gasteiger partial charge in [0.25, 0.3) is 0 Å². The maximum Gasteiger partial charge on any atom is 0.223 e. The summed E-state index contributed by atoms with van der Waals surface area (Å²) in [5.74, 6) is 0.453. The Labute approximate surface area is 118 Å². The Morgan fingerprint density at radius 2 is 2.16 bits per heavy atom. The molecule has 1 saturated carbocycles. The lowest BCUT2D eigenvalue weighted by atomic mass is 10.1. The van der Waals surface area contributed by atoms with Crippen LogP contribution in [0.15, 0.2) is 18.2 Å². The molecule has 2 rings (SSSR count). The van der Waals surface area contributed by atoms with Gasteiger partial charge in [-0.25, -0.2) is 0 Å². The third kappa shape index (κ3) is 3.92. The smallest absolute Gasteiger partial charge is 0.223 e. The maximum atomic E-state index is 11.4. The van der Waals surface area contributed by atoms with Crippen LogP contribution in [0.1, 0.15) is 24.0 Å². The molecule has 1 aliphatic carbocycles. The lowest BCUT2D eigenvalue weighted by Gasteiger charge is -2.10. The van der Waals surface area contributed by atoms with Crippen molar-refractivity contribution in [2.45, 2.75) is 19.8 Å². The van der Waals surface area contributed by atoms with E-state index in [1.54, 1.807) is 0 Å². The van der Waals surface area contributed by atoms with Crippen LogP contribution in [0.25, 0.3) is 0 Å². The van der Waals surface area contributed by atoms with E-state index in [0.29, 0.717) is 18.1 Å². The van der Waals surface area contributed by atoms with Crippen molar-refractivity contribution in [2.75, 3.05) is 18.4 Å². The van der Waals surface area contributed by atoms with Gasteiger partial charge in [0, 0.05) is 30.3 Å². The average Bonchev–Trinajstić information content (AvgIpc) is 3.18. The van der Waals surface area contributed by atoms with Crippen LogP contribution >= 0.6 is 12.2 Å². The van der Waals surface area contributed by atoms with Crippen LogP contribution in [0, 0.1) is 12.8 Å². The number of aryl methyl sites for hydroxylation is 1. The normalized spacial score (nSPS) is 13.9. The van der Waals surface area contributed by atoms with E-state index in [1.165, 1.54) is 0 Å². The van der Waals surface area contributed by atoms with Gasteiger partial charge in [0.15, 0.2) is 0 Å². The first-order chi connectivity index (χ1) is 9.08. The van der Waals surface area contributed by atoms with Gasteiger partial charge in [-0.15, -0.1) is 0 Å². The predicted molar refractivity (Wildman–Crippen MR) is 81.3 cm³/mol. The van der Waals surface area contributed by atoms with E-state index in [4.69, 9.17) is 18.0 Å². The lowest BCUT2D eigenvalue weighted by Crippen LogP contribution is -2.29. The Bertz CT molecular complexity index is 497. The zero-order chi connectivity index (χ0) is 13.8. The summed E-state index contributed by atoms with van der Waals surface area (Å²) in [4.78, 5) is 11.8. The number of nitrogens with two attached hydrogens (primary N) is 1. The van der Waals surface area contributed by atoms with E-state index in [9.17, 15) is 4.79 Å². The molecule has 0 aromatic heterocycles. The highest BCUT2D eigenvalue weighted by Gasteiger charge is 2.28. The quantitative estimate of drug-likeness (QED) is 0.545. The molecular weight excluding hydrogens is 258 g/mol. The Kier molecular flexibility index (Phi) is 4.37. The van der Waals surface area contributed by atoms with Gasteiger partial charge >= 0.3 is 0 Å². The van der Waals surface area contributed by atoms with Crippen molar-refractivity contribution in [3.63, 3.8) is 0 Å². The van der Waals surface area contributed by atoms with E-state index in [2.05, 4.69) is 10.6 Å². The maximum absolute atomic E-state index is 11.4. The van der Waals surface area contributed by atoms with Gasteiger partial charge in [-0.1, -0.05) is 12.2 Å². The van der Waals surface area contributed by atoms with Crippen molar-refractivity contribution >= 4 is 28.8 Å². The highest BCUT2D eigenvalue weighted by molar-refractivity contribution is 7.80. The molecule has 0 atom stereocenters. The fourth-order valence-corrected chi connectivity index (χ4v) is 2.16. The van der Waals surface area contributed by atoms with Crippen molar-refractivity contribution < 1.29 is 4.79 Å². The standard InChI is InChI=1S/C14H19N3OS/c1-9-8-11(4-5-12(9)13(15)19)16-6-7-17-14(18)10-2-3-10/h4-5,8,10,16H,2-3,6-7H2,1H3,(H2,15,19)(H,17,18). The molecule has 0 bridgehead atoms. The largest absolute Gasteiger partial charge is 0.389 e. The van der Waals surface area contributed by atoms with Crippen LogP contribution in [0.5, 0.6) is 0 Å². The summed E-state index contributed by atoms with van der Waals surface area (Å²) in [7, 11) is 0. The highest BCUT2D eigenvalue weighted by Crippen LogP contribution is 2.28. The third-order valence-electron chi connectivity index (χ3n) is 3.19. The zero-order valence-electron chi connectivity index (χ0n) is 11.0. The van der Waals surface area contributed by atoms with Crippen LogP contribution in [0.4, 0.5) is 5.69 Å². The minimum absolute atomic E-state index is 0.182. The highest BCUT2D eigenvalue weighted by atomic mass is 32.1. The molecule has 0 radical (unpaired) electrons. The first kappa shape index (κ1) is 13.8. The number of hydrogen-bond acceptors (Lipinski definition) is 3. The summed E-state index contributed by atoms with van der Waals surface area (Å²) < 4.78 is 0. The summed E-state index contributed by atoms with van der Waals surface area (Å²) in [6.07, 6.45) is 2.08. The number of amides is 1. The van der Waals surface area contributed by atoms with Gasteiger partial charge in [0.1, 0.15) is 4.99 Å². The molecule has 0 heterocycles. The van der Waals surface area contributed by atoms with Crippen molar-refractivity contribution in [2.24, 2.45) is 11.7 Å². The summed E-state index contributed by atoms with van der Waals surface area (Å²) in [5, 5.41) is 6.18. The minimum atomic E-state index is 0.182. The number of nitrogens with one attached hydrogen (secondary N) is 2. The number of thiocarbonyl (C=S) groups is 1. The van der Waals surface area contributed by atoms with E-state index in [1.807, 2.05) is 25.1 Å². The molecular formula is C14H19N3OS. The number of hydrogen-bond donors (Lipinski definition) is 3. The first-order valence-electron chi connectivity index (χ1n) is 6.50. The monoisotopic (exact) mass is 277 g/mol. The molecule has 1 aromatic rings. The van der Waals surface area contributed by atoms with Crippen LogP contribution in [-0.4, -0.2) is 24.0 Å². The van der Waals surface area contributed by atoms with Crippen molar-refractivity contribution in [3.05, 3.63) is 29.3 Å². The minimum Gasteiger partial charge on any atom is -0.389 e. The van der Waals surface area contributed by atoms with Crippen LogP contribution < -0.4 is 16.4 Å². The molecule has 0 saturated heterocycles. The molecule has 19 heavy (non-hydrogen) atoms. The molecule has 102 valence electrons. The Morgan fingerprint density at radius 1 is 1.42 bits per heavy atom. The van der Waals surface area contributed by atoms with Gasteiger partial charge in [-0.2, -0.15) is 0 Å².